The predicted octanol–water partition coefficient (Wildman–Crippen LogP) is 3.13. The van der Waals surface area contributed by atoms with Crippen LogP contribution in [0.2, 0.25) is 0 Å². The summed E-state index contributed by atoms with van der Waals surface area (Å²) in [5, 5.41) is 13.8. The summed E-state index contributed by atoms with van der Waals surface area (Å²) in [5.41, 5.74) is 3.79. The van der Waals surface area contributed by atoms with Gasteiger partial charge in [-0.1, -0.05) is 38.5 Å². The topological polar surface area (TPSA) is 32.3 Å². The molecule has 2 N–H and O–H groups in total. The number of fused-ring (bicyclic) bond motifs is 1. The lowest BCUT2D eigenvalue weighted by Gasteiger charge is -2.41. The van der Waals surface area contributed by atoms with Crippen molar-refractivity contribution < 1.29 is 5.11 Å². The lowest BCUT2D eigenvalue weighted by molar-refractivity contribution is 0.0887. The van der Waals surface area contributed by atoms with Crippen LogP contribution < -0.4 is 5.32 Å². The van der Waals surface area contributed by atoms with Crippen LogP contribution in [0.5, 0.6) is 0 Å². The highest BCUT2D eigenvalue weighted by Crippen LogP contribution is 2.35. The van der Waals surface area contributed by atoms with Crippen molar-refractivity contribution in [2.45, 2.75) is 52.7 Å². The van der Waals surface area contributed by atoms with Crippen LogP contribution in [0.1, 0.15) is 38.3 Å². The Bertz CT molecular complexity index is 411. The van der Waals surface area contributed by atoms with Crippen LogP contribution in [0.15, 0.2) is 18.2 Å². The lowest BCUT2D eigenvalue weighted by Crippen LogP contribution is -2.48. The van der Waals surface area contributed by atoms with Gasteiger partial charge in [-0.15, -0.1) is 0 Å². The third-order valence-corrected chi connectivity index (χ3v) is 4.14. The van der Waals surface area contributed by atoms with Crippen LogP contribution in [0.25, 0.3) is 0 Å². The monoisotopic (exact) mass is 233 g/mol. The second kappa shape index (κ2) is 4.34. The fourth-order valence-electron chi connectivity index (χ4n) is 2.58. The highest BCUT2D eigenvalue weighted by molar-refractivity contribution is 5.56. The molecule has 1 aromatic rings. The first-order chi connectivity index (χ1) is 7.94. The van der Waals surface area contributed by atoms with Gasteiger partial charge in [-0.05, 0) is 30.4 Å². The summed E-state index contributed by atoms with van der Waals surface area (Å²) in [5.74, 6) is 0. The summed E-state index contributed by atoms with van der Waals surface area (Å²) in [7, 11) is 0. The Morgan fingerprint density at radius 1 is 1.41 bits per heavy atom. The van der Waals surface area contributed by atoms with Gasteiger partial charge in [-0.25, -0.2) is 0 Å². The molecule has 0 saturated heterocycles. The van der Waals surface area contributed by atoms with E-state index in [4.69, 9.17) is 0 Å². The van der Waals surface area contributed by atoms with E-state index >= 15 is 0 Å². The molecule has 0 spiro atoms. The highest BCUT2D eigenvalue weighted by Gasteiger charge is 2.36. The molecule has 2 heteroatoms. The van der Waals surface area contributed by atoms with Crippen LogP contribution in [0, 0.1) is 12.3 Å². The van der Waals surface area contributed by atoms with Crippen molar-refractivity contribution >= 4 is 5.69 Å². The molecular weight excluding hydrogens is 210 g/mol. The Balaban J connectivity index is 2.30. The number of hydrogen-bond acceptors (Lipinski definition) is 2. The first-order valence-electron chi connectivity index (χ1n) is 6.48. The molecule has 1 aromatic carbocycles. The molecule has 1 aliphatic rings. The van der Waals surface area contributed by atoms with E-state index in [1.807, 2.05) is 0 Å². The number of aliphatic hydroxyl groups is 1. The zero-order chi connectivity index (χ0) is 12.6. The van der Waals surface area contributed by atoms with Crippen LogP contribution in [-0.2, 0) is 6.42 Å². The molecule has 1 aliphatic heterocycles. The molecule has 0 aliphatic carbocycles. The largest absolute Gasteiger partial charge is 0.391 e. The minimum absolute atomic E-state index is 0.113. The molecule has 0 amide bonds. The van der Waals surface area contributed by atoms with Crippen molar-refractivity contribution in [1.82, 2.24) is 0 Å². The molecule has 2 unspecified atom stereocenters. The second-order valence-electron chi connectivity index (χ2n) is 5.90. The third-order valence-electron chi connectivity index (χ3n) is 4.14. The molecule has 0 fully saturated rings. The summed E-state index contributed by atoms with van der Waals surface area (Å²) < 4.78 is 0. The van der Waals surface area contributed by atoms with Gasteiger partial charge in [0.15, 0.2) is 0 Å². The summed E-state index contributed by atoms with van der Waals surface area (Å²) >= 11 is 0. The lowest BCUT2D eigenvalue weighted by atomic mass is 9.75. The van der Waals surface area contributed by atoms with E-state index in [-0.39, 0.29) is 17.6 Å². The van der Waals surface area contributed by atoms with E-state index in [9.17, 15) is 5.11 Å². The first-order valence-corrected chi connectivity index (χ1v) is 6.48. The molecular formula is C15H23NO. The summed E-state index contributed by atoms with van der Waals surface area (Å²) in [4.78, 5) is 0. The van der Waals surface area contributed by atoms with Gasteiger partial charge >= 0.3 is 0 Å². The maximum absolute atomic E-state index is 10.3. The van der Waals surface area contributed by atoms with Gasteiger partial charge in [0.25, 0.3) is 0 Å². The van der Waals surface area contributed by atoms with Gasteiger partial charge in [-0.2, -0.15) is 0 Å². The molecule has 17 heavy (non-hydrogen) atoms. The number of nitrogens with one attached hydrogen (secondary N) is 1. The standard InChI is InChI=1S/C15H23NO/c1-5-15(3,4)14-13(17)9-11-8-10(2)6-7-12(11)16-14/h6-8,13-14,16-17H,5,9H2,1-4H3. The second-order valence-corrected chi connectivity index (χ2v) is 5.90. The molecule has 2 atom stereocenters. The fourth-order valence-corrected chi connectivity index (χ4v) is 2.58. The average molecular weight is 233 g/mol. The minimum atomic E-state index is -0.292. The van der Waals surface area contributed by atoms with Crippen molar-refractivity contribution in [3.8, 4) is 0 Å². The van der Waals surface area contributed by atoms with E-state index < -0.39 is 0 Å². The molecule has 94 valence electrons. The van der Waals surface area contributed by atoms with Crippen molar-refractivity contribution in [2.75, 3.05) is 5.32 Å². The Kier molecular flexibility index (Phi) is 3.17. The zero-order valence-electron chi connectivity index (χ0n) is 11.2. The van der Waals surface area contributed by atoms with Crippen molar-refractivity contribution in [3.63, 3.8) is 0 Å². The number of aliphatic hydroxyl groups excluding tert-OH is 1. The smallest absolute Gasteiger partial charge is 0.0787 e. The number of hydrogen-bond donors (Lipinski definition) is 2. The number of anilines is 1. The Hall–Kier alpha value is -1.02. The van der Waals surface area contributed by atoms with Crippen molar-refractivity contribution in [2.24, 2.45) is 5.41 Å². The number of benzene rings is 1. The summed E-state index contributed by atoms with van der Waals surface area (Å²) in [6, 6.07) is 6.57. The van der Waals surface area contributed by atoms with Gasteiger partial charge in [0, 0.05) is 12.1 Å². The SMILES string of the molecule is CCC(C)(C)C1Nc2ccc(C)cc2CC1O. The Morgan fingerprint density at radius 2 is 2.12 bits per heavy atom. The third kappa shape index (κ3) is 2.32. The van der Waals surface area contributed by atoms with E-state index in [2.05, 4.69) is 51.2 Å². The minimum Gasteiger partial charge on any atom is -0.391 e. The predicted molar refractivity (Wildman–Crippen MR) is 72.4 cm³/mol. The molecule has 1 heterocycles. The fraction of sp³-hybridized carbons (Fsp3) is 0.600. The summed E-state index contributed by atoms with van der Waals surface area (Å²) in [6.07, 6.45) is 1.53. The molecule has 0 radical (unpaired) electrons. The van der Waals surface area contributed by atoms with Crippen LogP contribution >= 0.6 is 0 Å². The maximum Gasteiger partial charge on any atom is 0.0787 e. The Morgan fingerprint density at radius 3 is 2.76 bits per heavy atom. The van der Waals surface area contributed by atoms with Gasteiger partial charge in [0.2, 0.25) is 0 Å². The Labute approximate surface area is 104 Å². The number of rotatable bonds is 2. The average Bonchev–Trinajstić information content (AvgIpc) is 2.27. The first kappa shape index (κ1) is 12.4. The maximum atomic E-state index is 10.3. The van der Waals surface area contributed by atoms with Gasteiger partial charge in [0.1, 0.15) is 0 Å². The van der Waals surface area contributed by atoms with E-state index in [0.29, 0.717) is 0 Å². The van der Waals surface area contributed by atoms with Crippen LogP contribution in [-0.4, -0.2) is 17.3 Å². The van der Waals surface area contributed by atoms with Gasteiger partial charge in [0.05, 0.1) is 12.1 Å². The zero-order valence-corrected chi connectivity index (χ0v) is 11.2. The normalized spacial score (nSPS) is 24.1. The number of aryl methyl sites for hydroxylation is 1. The molecule has 0 aromatic heterocycles. The quantitative estimate of drug-likeness (QED) is 0.822. The summed E-state index contributed by atoms with van der Waals surface area (Å²) in [6.45, 7) is 8.70. The van der Waals surface area contributed by atoms with Crippen molar-refractivity contribution in [1.29, 1.82) is 0 Å². The molecule has 2 rings (SSSR count). The highest BCUT2D eigenvalue weighted by atomic mass is 16.3. The molecule has 0 bridgehead atoms. The molecule has 0 saturated carbocycles. The van der Waals surface area contributed by atoms with Gasteiger partial charge < -0.3 is 10.4 Å². The van der Waals surface area contributed by atoms with E-state index in [1.165, 1.54) is 16.8 Å². The van der Waals surface area contributed by atoms with Gasteiger partial charge in [-0.3, -0.25) is 0 Å². The van der Waals surface area contributed by atoms with Crippen LogP contribution in [0.3, 0.4) is 0 Å². The van der Waals surface area contributed by atoms with Crippen molar-refractivity contribution in [3.05, 3.63) is 29.3 Å². The van der Waals surface area contributed by atoms with E-state index in [1.54, 1.807) is 0 Å². The molecule has 2 nitrogen and oxygen atoms in total. The van der Waals surface area contributed by atoms with E-state index in [0.717, 1.165) is 12.8 Å². The van der Waals surface area contributed by atoms with Crippen LogP contribution in [0.4, 0.5) is 5.69 Å².